The molecule has 2 N–H and O–H groups in total. The highest BCUT2D eigenvalue weighted by molar-refractivity contribution is 9.08. The SMILES string of the molecule is CCc1c(CBr)sc2cc(N)ccc12. The van der Waals surface area contributed by atoms with Gasteiger partial charge in [0.2, 0.25) is 0 Å². The Morgan fingerprint density at radius 1 is 1.43 bits per heavy atom. The van der Waals surface area contributed by atoms with Crippen LogP contribution in [-0.2, 0) is 11.8 Å². The maximum Gasteiger partial charge on any atom is 0.0380 e. The molecule has 0 unspecified atom stereocenters. The van der Waals surface area contributed by atoms with E-state index in [4.69, 9.17) is 5.73 Å². The topological polar surface area (TPSA) is 26.0 Å². The summed E-state index contributed by atoms with van der Waals surface area (Å²) in [6.45, 7) is 2.20. The van der Waals surface area contributed by atoms with Crippen LogP contribution in [0.4, 0.5) is 5.69 Å². The van der Waals surface area contributed by atoms with Crippen molar-refractivity contribution in [2.45, 2.75) is 18.7 Å². The Bertz CT molecular complexity index is 462. The minimum absolute atomic E-state index is 0.850. The largest absolute Gasteiger partial charge is 0.399 e. The molecule has 0 aliphatic heterocycles. The molecule has 1 heterocycles. The summed E-state index contributed by atoms with van der Waals surface area (Å²) in [6.07, 6.45) is 1.09. The first-order chi connectivity index (χ1) is 6.76. The van der Waals surface area contributed by atoms with E-state index in [1.165, 1.54) is 20.5 Å². The summed E-state index contributed by atoms with van der Waals surface area (Å²) in [5.74, 6) is 0. The molecule has 0 aliphatic carbocycles. The van der Waals surface area contributed by atoms with Gasteiger partial charge in [0, 0.05) is 20.6 Å². The van der Waals surface area contributed by atoms with Crippen LogP contribution < -0.4 is 5.73 Å². The first-order valence-corrected chi connectivity index (χ1v) is 6.55. The van der Waals surface area contributed by atoms with E-state index in [9.17, 15) is 0 Å². The second-order valence-corrected chi connectivity index (χ2v) is 4.94. The molecule has 2 rings (SSSR count). The monoisotopic (exact) mass is 269 g/mol. The number of aryl methyl sites for hydroxylation is 1. The first kappa shape index (κ1) is 9.99. The molecule has 1 nitrogen and oxygen atoms in total. The number of benzene rings is 1. The molecule has 0 saturated carbocycles. The van der Waals surface area contributed by atoms with Crippen LogP contribution in [0.1, 0.15) is 17.4 Å². The van der Waals surface area contributed by atoms with Crippen molar-refractivity contribution < 1.29 is 0 Å². The summed E-state index contributed by atoms with van der Waals surface area (Å²) < 4.78 is 1.30. The molecule has 0 aliphatic rings. The van der Waals surface area contributed by atoms with Crippen LogP contribution in [0.5, 0.6) is 0 Å². The highest BCUT2D eigenvalue weighted by Gasteiger charge is 2.09. The van der Waals surface area contributed by atoms with Gasteiger partial charge in [0.1, 0.15) is 0 Å². The van der Waals surface area contributed by atoms with Crippen LogP contribution in [0.15, 0.2) is 18.2 Å². The molecular weight excluding hydrogens is 258 g/mol. The van der Waals surface area contributed by atoms with Crippen LogP contribution >= 0.6 is 27.3 Å². The molecule has 74 valence electrons. The van der Waals surface area contributed by atoms with E-state index >= 15 is 0 Å². The fourth-order valence-corrected chi connectivity index (χ4v) is 3.59. The van der Waals surface area contributed by atoms with Crippen molar-refractivity contribution in [2.24, 2.45) is 0 Å². The Morgan fingerprint density at radius 2 is 2.21 bits per heavy atom. The van der Waals surface area contributed by atoms with Crippen LogP contribution in [0.2, 0.25) is 0 Å². The van der Waals surface area contributed by atoms with Crippen molar-refractivity contribution in [1.29, 1.82) is 0 Å². The van der Waals surface area contributed by atoms with E-state index in [0.717, 1.165) is 17.4 Å². The van der Waals surface area contributed by atoms with Gasteiger partial charge in [0.25, 0.3) is 0 Å². The number of halogens is 1. The Kier molecular flexibility index (Phi) is 2.79. The predicted molar refractivity (Wildman–Crippen MR) is 68.2 cm³/mol. The van der Waals surface area contributed by atoms with Gasteiger partial charge in [-0.3, -0.25) is 0 Å². The van der Waals surface area contributed by atoms with Crippen molar-refractivity contribution in [3.63, 3.8) is 0 Å². The lowest BCUT2D eigenvalue weighted by Crippen LogP contribution is -1.84. The molecule has 0 amide bonds. The molecular formula is C11H12BrNS. The van der Waals surface area contributed by atoms with E-state index in [2.05, 4.69) is 35.0 Å². The van der Waals surface area contributed by atoms with Gasteiger partial charge in [-0.15, -0.1) is 11.3 Å². The number of alkyl halides is 1. The summed E-state index contributed by atoms with van der Waals surface area (Å²) in [5.41, 5.74) is 8.07. The van der Waals surface area contributed by atoms with Gasteiger partial charge < -0.3 is 5.73 Å². The molecule has 0 saturated heterocycles. The summed E-state index contributed by atoms with van der Waals surface area (Å²) in [6, 6.07) is 6.17. The number of fused-ring (bicyclic) bond motifs is 1. The Labute approximate surface area is 96.1 Å². The highest BCUT2D eigenvalue weighted by atomic mass is 79.9. The van der Waals surface area contributed by atoms with Crippen LogP contribution in [0.25, 0.3) is 10.1 Å². The number of anilines is 1. The predicted octanol–water partition coefficient (Wildman–Crippen LogP) is 3.94. The lowest BCUT2D eigenvalue weighted by atomic mass is 10.1. The molecule has 3 heteroatoms. The normalized spacial score (nSPS) is 11.0. The Hall–Kier alpha value is -0.540. The average Bonchev–Trinajstić information content (AvgIpc) is 2.54. The molecule has 0 atom stereocenters. The quantitative estimate of drug-likeness (QED) is 0.649. The smallest absolute Gasteiger partial charge is 0.0380 e. The van der Waals surface area contributed by atoms with E-state index in [1.807, 2.05) is 17.4 Å². The molecule has 1 aromatic carbocycles. The van der Waals surface area contributed by atoms with Gasteiger partial charge in [-0.25, -0.2) is 0 Å². The van der Waals surface area contributed by atoms with Crippen molar-refractivity contribution in [1.82, 2.24) is 0 Å². The summed E-state index contributed by atoms with van der Waals surface area (Å²) in [4.78, 5) is 1.42. The third-order valence-corrected chi connectivity index (χ3v) is 4.50. The second-order valence-electron chi connectivity index (χ2n) is 3.25. The van der Waals surface area contributed by atoms with E-state index in [1.54, 1.807) is 0 Å². The summed E-state index contributed by atoms with van der Waals surface area (Å²) in [7, 11) is 0. The lowest BCUT2D eigenvalue weighted by molar-refractivity contribution is 1.15. The standard InChI is InChI=1S/C11H12BrNS/c1-2-8-9-4-3-7(13)5-10(9)14-11(8)6-12/h3-5H,2,6,13H2,1H3. The Balaban J connectivity index is 2.73. The van der Waals surface area contributed by atoms with Gasteiger partial charge in [-0.1, -0.05) is 28.9 Å². The number of rotatable bonds is 2. The zero-order valence-corrected chi connectivity index (χ0v) is 10.4. The molecule has 1 aromatic heterocycles. The molecule has 0 spiro atoms. The third kappa shape index (κ3) is 1.55. The van der Waals surface area contributed by atoms with Crippen molar-refractivity contribution in [3.05, 3.63) is 28.6 Å². The third-order valence-electron chi connectivity index (χ3n) is 2.38. The van der Waals surface area contributed by atoms with Crippen LogP contribution in [-0.4, -0.2) is 0 Å². The number of thiophene rings is 1. The van der Waals surface area contributed by atoms with Gasteiger partial charge in [-0.2, -0.15) is 0 Å². The summed E-state index contributed by atoms with van der Waals surface area (Å²) in [5, 5.41) is 2.30. The molecule has 14 heavy (non-hydrogen) atoms. The number of hydrogen-bond donors (Lipinski definition) is 1. The maximum absolute atomic E-state index is 5.76. The van der Waals surface area contributed by atoms with Crippen LogP contribution in [0.3, 0.4) is 0 Å². The van der Waals surface area contributed by atoms with Gasteiger partial charge >= 0.3 is 0 Å². The fourth-order valence-electron chi connectivity index (χ4n) is 1.71. The molecule has 0 fully saturated rings. The maximum atomic E-state index is 5.76. The van der Waals surface area contributed by atoms with E-state index in [0.29, 0.717) is 0 Å². The number of hydrogen-bond acceptors (Lipinski definition) is 2. The molecule has 2 aromatic rings. The fraction of sp³-hybridized carbons (Fsp3) is 0.273. The zero-order valence-electron chi connectivity index (χ0n) is 8.01. The highest BCUT2D eigenvalue weighted by Crippen LogP contribution is 2.34. The van der Waals surface area contributed by atoms with Gasteiger partial charge in [0.15, 0.2) is 0 Å². The minimum atomic E-state index is 0.850. The van der Waals surface area contributed by atoms with Gasteiger partial charge in [0.05, 0.1) is 0 Å². The zero-order chi connectivity index (χ0) is 10.1. The van der Waals surface area contributed by atoms with Crippen molar-refractivity contribution >= 4 is 43.0 Å². The van der Waals surface area contributed by atoms with Gasteiger partial charge in [-0.05, 0) is 29.5 Å². The van der Waals surface area contributed by atoms with Crippen LogP contribution in [0, 0.1) is 0 Å². The molecule has 0 radical (unpaired) electrons. The van der Waals surface area contributed by atoms with Crippen molar-refractivity contribution in [2.75, 3.05) is 5.73 Å². The first-order valence-electron chi connectivity index (χ1n) is 4.62. The van der Waals surface area contributed by atoms with E-state index < -0.39 is 0 Å². The summed E-state index contributed by atoms with van der Waals surface area (Å²) >= 11 is 5.36. The lowest BCUT2D eigenvalue weighted by Gasteiger charge is -1.97. The molecule has 0 bridgehead atoms. The Morgan fingerprint density at radius 3 is 2.86 bits per heavy atom. The van der Waals surface area contributed by atoms with E-state index in [-0.39, 0.29) is 0 Å². The number of nitrogens with two attached hydrogens (primary N) is 1. The average molecular weight is 270 g/mol. The minimum Gasteiger partial charge on any atom is -0.399 e. The number of nitrogen functional groups attached to an aromatic ring is 1. The second kappa shape index (κ2) is 3.91. The van der Waals surface area contributed by atoms with Crippen molar-refractivity contribution in [3.8, 4) is 0 Å².